The number of carbonyl (C=O) groups excluding carboxylic acids is 3. The Kier molecular flexibility index (Phi) is 5.91. The van der Waals surface area contributed by atoms with E-state index in [0.717, 1.165) is 0 Å². The molecule has 2 N–H and O–H groups in total. The molecule has 1 amide bonds. The number of aryl methyl sites for hydroxylation is 1. The molecule has 6 heteroatoms. The number of esters is 1. The Morgan fingerprint density at radius 2 is 1.82 bits per heavy atom. The standard InChI is InChI=1S/C16H24N2O4/c1-8(2)7-12(16(21)22-6)18-15(20)14-9(3)13(11(5)19)10(4)17-14/h8,12,17H,7H2,1-6H3,(H,18,20). The first-order chi connectivity index (χ1) is 10.2. The zero-order valence-electron chi connectivity index (χ0n) is 14.0. The number of nitrogens with one attached hydrogen (secondary N) is 2. The fourth-order valence-electron chi connectivity index (χ4n) is 2.56. The van der Waals surface area contributed by atoms with Gasteiger partial charge < -0.3 is 15.0 Å². The van der Waals surface area contributed by atoms with Crippen molar-refractivity contribution in [3.8, 4) is 0 Å². The van der Waals surface area contributed by atoms with Gasteiger partial charge in [-0.15, -0.1) is 0 Å². The van der Waals surface area contributed by atoms with Crippen molar-refractivity contribution in [1.82, 2.24) is 10.3 Å². The van der Waals surface area contributed by atoms with Gasteiger partial charge in [0.1, 0.15) is 11.7 Å². The Balaban J connectivity index is 3.02. The number of ether oxygens (including phenoxy) is 1. The first-order valence-electron chi connectivity index (χ1n) is 7.27. The molecule has 1 aromatic heterocycles. The molecule has 122 valence electrons. The van der Waals surface area contributed by atoms with E-state index in [2.05, 4.69) is 10.3 Å². The Morgan fingerprint density at radius 3 is 2.23 bits per heavy atom. The summed E-state index contributed by atoms with van der Waals surface area (Å²) in [5.74, 6) is -0.764. The monoisotopic (exact) mass is 308 g/mol. The molecule has 0 aromatic carbocycles. The predicted octanol–water partition coefficient (Wildman–Crippen LogP) is 2.15. The van der Waals surface area contributed by atoms with Crippen molar-refractivity contribution in [3.63, 3.8) is 0 Å². The van der Waals surface area contributed by atoms with Crippen molar-refractivity contribution >= 4 is 17.7 Å². The van der Waals surface area contributed by atoms with Crippen LogP contribution in [0.15, 0.2) is 0 Å². The summed E-state index contributed by atoms with van der Waals surface area (Å²) in [6, 6.07) is -0.707. The van der Waals surface area contributed by atoms with E-state index in [4.69, 9.17) is 4.74 Å². The third-order valence-corrected chi connectivity index (χ3v) is 3.51. The van der Waals surface area contributed by atoms with Crippen LogP contribution in [0.2, 0.25) is 0 Å². The molecule has 0 aliphatic carbocycles. The zero-order chi connectivity index (χ0) is 17.0. The molecule has 0 bridgehead atoms. The van der Waals surface area contributed by atoms with E-state index in [-0.39, 0.29) is 11.7 Å². The lowest BCUT2D eigenvalue weighted by molar-refractivity contribution is -0.143. The summed E-state index contributed by atoms with van der Waals surface area (Å²) in [6.45, 7) is 8.83. The molecule has 1 unspecified atom stereocenters. The number of Topliss-reactive ketones (excluding diaryl/α,β-unsaturated/α-hetero) is 1. The smallest absolute Gasteiger partial charge is 0.328 e. The molecule has 1 heterocycles. The lowest BCUT2D eigenvalue weighted by atomic mass is 10.0. The number of aromatic nitrogens is 1. The zero-order valence-corrected chi connectivity index (χ0v) is 14.0. The number of H-pyrrole nitrogens is 1. The van der Waals surface area contributed by atoms with Crippen LogP contribution in [-0.2, 0) is 9.53 Å². The highest BCUT2D eigenvalue weighted by Crippen LogP contribution is 2.19. The molecule has 0 spiro atoms. The normalized spacial score (nSPS) is 12.1. The number of aromatic amines is 1. The first-order valence-corrected chi connectivity index (χ1v) is 7.27. The number of ketones is 1. The Hall–Kier alpha value is -2.11. The van der Waals surface area contributed by atoms with Crippen LogP contribution in [0.3, 0.4) is 0 Å². The lowest BCUT2D eigenvalue weighted by Crippen LogP contribution is -2.42. The second-order valence-electron chi connectivity index (χ2n) is 5.86. The quantitative estimate of drug-likeness (QED) is 0.622. The molecule has 0 fully saturated rings. The maximum absolute atomic E-state index is 12.4. The van der Waals surface area contributed by atoms with Crippen LogP contribution in [0.5, 0.6) is 0 Å². The van der Waals surface area contributed by atoms with Crippen molar-refractivity contribution in [1.29, 1.82) is 0 Å². The van der Waals surface area contributed by atoms with Crippen LogP contribution >= 0.6 is 0 Å². The molecule has 6 nitrogen and oxygen atoms in total. The van der Waals surface area contributed by atoms with E-state index in [1.54, 1.807) is 13.8 Å². The van der Waals surface area contributed by atoms with Gasteiger partial charge in [0, 0.05) is 11.3 Å². The minimum absolute atomic E-state index is 0.100. The molecule has 0 saturated heterocycles. The fourth-order valence-corrected chi connectivity index (χ4v) is 2.56. The Labute approximate surface area is 130 Å². The van der Waals surface area contributed by atoms with E-state index in [0.29, 0.717) is 28.9 Å². The van der Waals surface area contributed by atoms with Gasteiger partial charge in [-0.1, -0.05) is 13.8 Å². The van der Waals surface area contributed by atoms with Crippen molar-refractivity contribution in [2.45, 2.75) is 47.1 Å². The van der Waals surface area contributed by atoms with Crippen LogP contribution in [0.4, 0.5) is 0 Å². The van der Waals surface area contributed by atoms with E-state index in [1.165, 1.54) is 14.0 Å². The number of methoxy groups -OCH3 is 1. The largest absolute Gasteiger partial charge is 0.467 e. The van der Waals surface area contributed by atoms with Gasteiger partial charge in [0.25, 0.3) is 5.91 Å². The minimum Gasteiger partial charge on any atom is -0.467 e. The van der Waals surface area contributed by atoms with E-state index >= 15 is 0 Å². The molecular formula is C16H24N2O4. The highest BCUT2D eigenvalue weighted by molar-refractivity contribution is 6.03. The molecule has 0 aliphatic rings. The minimum atomic E-state index is -0.707. The summed E-state index contributed by atoms with van der Waals surface area (Å²) in [5.41, 5.74) is 2.06. The Morgan fingerprint density at radius 1 is 1.23 bits per heavy atom. The molecule has 1 atom stereocenters. The van der Waals surface area contributed by atoms with Crippen LogP contribution in [0.1, 0.15) is 59.3 Å². The maximum Gasteiger partial charge on any atom is 0.328 e. The first kappa shape index (κ1) is 17.9. The fraction of sp³-hybridized carbons (Fsp3) is 0.562. The lowest BCUT2D eigenvalue weighted by Gasteiger charge is -2.18. The topological polar surface area (TPSA) is 88.3 Å². The summed E-state index contributed by atoms with van der Waals surface area (Å²) in [7, 11) is 1.29. The number of hydrogen-bond acceptors (Lipinski definition) is 4. The third-order valence-electron chi connectivity index (χ3n) is 3.51. The van der Waals surface area contributed by atoms with Gasteiger partial charge >= 0.3 is 5.97 Å². The molecular weight excluding hydrogens is 284 g/mol. The van der Waals surface area contributed by atoms with Crippen molar-refractivity contribution in [2.24, 2.45) is 5.92 Å². The van der Waals surface area contributed by atoms with Crippen LogP contribution in [-0.4, -0.2) is 35.8 Å². The van der Waals surface area contributed by atoms with Gasteiger partial charge in [-0.25, -0.2) is 4.79 Å². The second-order valence-corrected chi connectivity index (χ2v) is 5.86. The van der Waals surface area contributed by atoms with E-state index in [9.17, 15) is 14.4 Å². The highest BCUT2D eigenvalue weighted by atomic mass is 16.5. The van der Waals surface area contributed by atoms with E-state index < -0.39 is 17.9 Å². The van der Waals surface area contributed by atoms with Crippen molar-refractivity contribution in [3.05, 3.63) is 22.5 Å². The van der Waals surface area contributed by atoms with Gasteiger partial charge in [0.05, 0.1) is 7.11 Å². The van der Waals surface area contributed by atoms with Gasteiger partial charge in [0.15, 0.2) is 5.78 Å². The predicted molar refractivity (Wildman–Crippen MR) is 83.0 cm³/mol. The van der Waals surface area contributed by atoms with Crippen LogP contribution < -0.4 is 5.32 Å². The second kappa shape index (κ2) is 7.24. The summed E-state index contributed by atoms with van der Waals surface area (Å²) in [5, 5.41) is 2.68. The molecule has 22 heavy (non-hydrogen) atoms. The number of carbonyl (C=O) groups is 3. The molecule has 1 rings (SSSR count). The molecule has 0 saturated carbocycles. The number of rotatable bonds is 6. The van der Waals surface area contributed by atoms with Gasteiger partial charge in [-0.05, 0) is 38.7 Å². The SMILES string of the molecule is COC(=O)C(CC(C)C)NC(=O)c1[nH]c(C)c(C(C)=O)c1C. The summed E-state index contributed by atoms with van der Waals surface area (Å²) in [4.78, 5) is 38.7. The van der Waals surface area contributed by atoms with Gasteiger partial charge in [-0.2, -0.15) is 0 Å². The van der Waals surface area contributed by atoms with Crippen LogP contribution in [0, 0.1) is 19.8 Å². The van der Waals surface area contributed by atoms with Gasteiger partial charge in [0.2, 0.25) is 0 Å². The maximum atomic E-state index is 12.4. The van der Waals surface area contributed by atoms with E-state index in [1.807, 2.05) is 13.8 Å². The number of hydrogen-bond donors (Lipinski definition) is 2. The summed E-state index contributed by atoms with van der Waals surface area (Å²) in [6.07, 6.45) is 0.483. The summed E-state index contributed by atoms with van der Waals surface area (Å²) >= 11 is 0. The molecule has 0 aliphatic heterocycles. The molecule has 1 aromatic rings. The highest BCUT2D eigenvalue weighted by Gasteiger charge is 2.26. The third kappa shape index (κ3) is 3.96. The Bertz CT molecular complexity index is 587. The van der Waals surface area contributed by atoms with Crippen molar-refractivity contribution in [2.75, 3.05) is 7.11 Å². The average Bonchev–Trinajstić information content (AvgIpc) is 2.71. The summed E-state index contributed by atoms with van der Waals surface area (Å²) < 4.78 is 4.73. The average molecular weight is 308 g/mol. The molecule has 0 radical (unpaired) electrons. The van der Waals surface area contributed by atoms with Crippen LogP contribution in [0.25, 0.3) is 0 Å². The van der Waals surface area contributed by atoms with Crippen molar-refractivity contribution < 1.29 is 19.1 Å². The number of amides is 1. The van der Waals surface area contributed by atoms with Gasteiger partial charge in [-0.3, -0.25) is 9.59 Å².